The average molecular weight is 333 g/mol. The maximum atomic E-state index is 3.69. The van der Waals surface area contributed by atoms with Crippen molar-refractivity contribution in [3.8, 4) is 11.8 Å². The Morgan fingerprint density at radius 1 is 0.778 bits per heavy atom. The SMILES string of the molecule is C=[S+]CC#CCCCCCCCCCCCC.[Br-]. The zero-order valence-electron chi connectivity index (χ0n) is 12.0. The number of unbranched alkanes of at least 4 members (excludes halogenated alkanes) is 10. The van der Waals surface area contributed by atoms with Gasteiger partial charge in [-0.15, -0.1) is 0 Å². The van der Waals surface area contributed by atoms with Gasteiger partial charge in [0, 0.05) is 6.42 Å². The van der Waals surface area contributed by atoms with Crippen molar-refractivity contribution >= 4 is 17.2 Å². The molecule has 0 unspecified atom stereocenters. The smallest absolute Gasteiger partial charge is 0.234 e. The van der Waals surface area contributed by atoms with Gasteiger partial charge in [0.1, 0.15) is 0 Å². The second kappa shape index (κ2) is 19.5. The van der Waals surface area contributed by atoms with E-state index >= 15 is 0 Å². The first-order chi connectivity index (χ1) is 8.41. The second-order valence-corrected chi connectivity index (χ2v) is 5.33. The molecule has 0 aromatic carbocycles. The van der Waals surface area contributed by atoms with Crippen LogP contribution in [0.25, 0.3) is 0 Å². The van der Waals surface area contributed by atoms with Gasteiger partial charge in [-0.2, -0.15) is 0 Å². The third-order valence-corrected chi connectivity index (χ3v) is 3.30. The van der Waals surface area contributed by atoms with Crippen LogP contribution in [0.15, 0.2) is 0 Å². The third-order valence-electron chi connectivity index (χ3n) is 2.95. The molecule has 0 fully saturated rings. The maximum Gasteiger partial charge on any atom is 0.234 e. The van der Waals surface area contributed by atoms with Crippen LogP contribution in [0.3, 0.4) is 0 Å². The summed E-state index contributed by atoms with van der Waals surface area (Å²) in [5.41, 5.74) is 0. The number of halogens is 1. The minimum Gasteiger partial charge on any atom is -1.00 e. The van der Waals surface area contributed by atoms with Crippen LogP contribution in [0, 0.1) is 11.8 Å². The maximum absolute atomic E-state index is 3.69. The van der Waals surface area contributed by atoms with Crippen molar-refractivity contribution in [1.82, 2.24) is 0 Å². The molecule has 0 bridgehead atoms. The normalized spacial score (nSPS) is 9.17. The highest BCUT2D eigenvalue weighted by atomic mass is 79.9. The van der Waals surface area contributed by atoms with Crippen molar-refractivity contribution in [2.75, 3.05) is 5.75 Å². The van der Waals surface area contributed by atoms with Crippen LogP contribution in [0.4, 0.5) is 0 Å². The van der Waals surface area contributed by atoms with Crippen LogP contribution in [-0.2, 0) is 11.4 Å². The van der Waals surface area contributed by atoms with E-state index in [2.05, 4.69) is 24.6 Å². The molecule has 0 N–H and O–H groups in total. The summed E-state index contributed by atoms with van der Waals surface area (Å²) in [7, 11) is 0. The van der Waals surface area contributed by atoms with Crippen molar-refractivity contribution < 1.29 is 17.0 Å². The molecule has 0 spiro atoms. The van der Waals surface area contributed by atoms with Gasteiger partial charge >= 0.3 is 0 Å². The van der Waals surface area contributed by atoms with E-state index in [1.807, 2.05) is 0 Å². The predicted molar refractivity (Wildman–Crippen MR) is 83.6 cm³/mol. The Bertz CT molecular complexity index is 215. The number of rotatable bonds is 11. The molecular formula is C16H29BrS. The molecule has 0 aliphatic carbocycles. The largest absolute Gasteiger partial charge is 1.00 e. The lowest BCUT2D eigenvalue weighted by molar-refractivity contribution is -0.00000362. The lowest BCUT2D eigenvalue weighted by Gasteiger charge is -2.00. The summed E-state index contributed by atoms with van der Waals surface area (Å²) >= 11 is 1.56. The van der Waals surface area contributed by atoms with Gasteiger partial charge in [-0.1, -0.05) is 70.6 Å². The van der Waals surface area contributed by atoms with E-state index in [0.717, 1.165) is 12.2 Å². The highest BCUT2D eigenvalue weighted by Crippen LogP contribution is 2.10. The van der Waals surface area contributed by atoms with Gasteiger partial charge in [-0.05, 0) is 12.3 Å². The molecule has 0 heterocycles. The Labute approximate surface area is 129 Å². The molecule has 0 rings (SSSR count). The summed E-state index contributed by atoms with van der Waals surface area (Å²) in [4.78, 5) is 0. The fourth-order valence-corrected chi connectivity index (χ4v) is 2.10. The average Bonchev–Trinajstić information content (AvgIpc) is 2.35. The topological polar surface area (TPSA) is 0 Å². The van der Waals surface area contributed by atoms with Gasteiger partial charge in [0.25, 0.3) is 0 Å². The molecule has 106 valence electrons. The zero-order chi connectivity index (χ0) is 12.6. The highest BCUT2D eigenvalue weighted by molar-refractivity contribution is 7.76. The number of hydrogen-bond acceptors (Lipinski definition) is 0. The van der Waals surface area contributed by atoms with Crippen LogP contribution in [-0.4, -0.2) is 11.6 Å². The first-order valence-corrected chi connectivity index (χ1v) is 8.40. The van der Waals surface area contributed by atoms with E-state index < -0.39 is 0 Å². The minimum atomic E-state index is 0. The highest BCUT2D eigenvalue weighted by Gasteiger charge is 1.91. The molecule has 0 saturated heterocycles. The summed E-state index contributed by atoms with van der Waals surface area (Å²) in [5.74, 6) is 10.9. The van der Waals surface area contributed by atoms with E-state index in [1.54, 1.807) is 11.4 Å². The van der Waals surface area contributed by atoms with Crippen molar-refractivity contribution in [2.24, 2.45) is 0 Å². The van der Waals surface area contributed by atoms with Crippen LogP contribution in [0.2, 0.25) is 0 Å². The predicted octanol–water partition coefficient (Wildman–Crippen LogP) is 1.82. The van der Waals surface area contributed by atoms with Gasteiger partial charge in [0.2, 0.25) is 5.75 Å². The first kappa shape index (κ1) is 20.4. The van der Waals surface area contributed by atoms with E-state index in [0.29, 0.717) is 0 Å². The fraction of sp³-hybridized carbons (Fsp3) is 0.812. The Morgan fingerprint density at radius 2 is 1.28 bits per heavy atom. The summed E-state index contributed by atoms with van der Waals surface area (Å²) in [5, 5.41) is 0. The van der Waals surface area contributed by atoms with E-state index in [-0.39, 0.29) is 17.0 Å². The fourth-order valence-electron chi connectivity index (χ4n) is 1.89. The van der Waals surface area contributed by atoms with E-state index in [9.17, 15) is 0 Å². The molecule has 0 aliphatic rings. The second-order valence-electron chi connectivity index (χ2n) is 4.63. The Balaban J connectivity index is 0. The van der Waals surface area contributed by atoms with Crippen molar-refractivity contribution in [1.29, 1.82) is 0 Å². The van der Waals surface area contributed by atoms with Crippen LogP contribution >= 0.6 is 0 Å². The molecule has 0 atom stereocenters. The lowest BCUT2D eigenvalue weighted by atomic mass is 10.1. The molecule has 0 amide bonds. The van der Waals surface area contributed by atoms with Crippen LogP contribution < -0.4 is 17.0 Å². The van der Waals surface area contributed by atoms with Crippen molar-refractivity contribution in [2.45, 2.75) is 77.6 Å². The van der Waals surface area contributed by atoms with Gasteiger partial charge in [-0.3, -0.25) is 0 Å². The molecule has 0 saturated carbocycles. The van der Waals surface area contributed by atoms with Crippen molar-refractivity contribution in [3.63, 3.8) is 0 Å². The quantitative estimate of drug-likeness (QED) is 0.234. The molecule has 0 nitrogen and oxygen atoms in total. The Hall–Kier alpha value is 0.130. The minimum absolute atomic E-state index is 0. The standard InChI is InChI=1S/C16H29S.BrH/c1-3-4-5-6-7-8-9-10-11-12-13-14-15-16-17-2;/h2-13,16H2,1H3;1H/q+1;/p-1. The molecule has 0 aromatic rings. The lowest BCUT2D eigenvalue weighted by Crippen LogP contribution is -3.00. The first-order valence-electron chi connectivity index (χ1n) is 7.24. The zero-order valence-corrected chi connectivity index (χ0v) is 14.4. The molecular weight excluding hydrogens is 304 g/mol. The van der Waals surface area contributed by atoms with Gasteiger partial charge < -0.3 is 17.0 Å². The summed E-state index contributed by atoms with van der Waals surface area (Å²) in [6.45, 7) is 2.28. The molecule has 0 aromatic heterocycles. The Morgan fingerprint density at radius 3 is 1.78 bits per heavy atom. The monoisotopic (exact) mass is 332 g/mol. The number of hydrogen-bond donors (Lipinski definition) is 0. The molecule has 2 heteroatoms. The third kappa shape index (κ3) is 18.5. The van der Waals surface area contributed by atoms with Crippen LogP contribution in [0.1, 0.15) is 77.6 Å². The summed E-state index contributed by atoms with van der Waals surface area (Å²) < 4.78 is 0. The van der Waals surface area contributed by atoms with Gasteiger partial charge in [0.05, 0.1) is 0 Å². The van der Waals surface area contributed by atoms with Gasteiger partial charge in [0.15, 0.2) is 17.2 Å². The molecule has 18 heavy (non-hydrogen) atoms. The van der Waals surface area contributed by atoms with Gasteiger partial charge in [-0.25, -0.2) is 0 Å². The van der Waals surface area contributed by atoms with E-state index in [1.165, 1.54) is 64.2 Å². The summed E-state index contributed by atoms with van der Waals surface area (Å²) in [6.07, 6.45) is 15.1. The van der Waals surface area contributed by atoms with Crippen molar-refractivity contribution in [3.05, 3.63) is 0 Å². The molecule has 0 aliphatic heterocycles. The van der Waals surface area contributed by atoms with E-state index in [4.69, 9.17) is 0 Å². The van der Waals surface area contributed by atoms with Crippen LogP contribution in [0.5, 0.6) is 0 Å². The summed E-state index contributed by atoms with van der Waals surface area (Å²) in [6, 6.07) is 0. The Kier molecular flexibility index (Phi) is 22.1. The molecule has 0 radical (unpaired) electrons.